The molecule has 0 aliphatic heterocycles. The van der Waals surface area contributed by atoms with Gasteiger partial charge in [0.05, 0.1) is 0 Å². The number of rotatable bonds is 0. The van der Waals surface area contributed by atoms with Crippen LogP contribution in [0.3, 0.4) is 0 Å². The second-order valence-corrected chi connectivity index (χ2v) is 1.76. The second kappa shape index (κ2) is 7.74. The number of allylic oxidation sites excluding steroid dienone is 1. The van der Waals surface area contributed by atoms with Crippen LogP contribution in [0.2, 0.25) is 0 Å². The Morgan fingerprint density at radius 1 is 1.22 bits per heavy atom. The summed E-state index contributed by atoms with van der Waals surface area (Å²) in [5, 5.41) is 0. The fourth-order valence-corrected chi connectivity index (χ4v) is 0.334. The van der Waals surface area contributed by atoms with Crippen molar-refractivity contribution in [1.29, 1.82) is 0 Å². The van der Waals surface area contributed by atoms with Crippen LogP contribution in [0.1, 0.15) is 41.0 Å². The monoisotopic (exact) mass is 128 g/mol. The van der Waals surface area contributed by atoms with E-state index in [9.17, 15) is 0 Å². The molecule has 0 radical (unpaired) electrons. The molecule has 0 nitrogen and oxygen atoms in total. The van der Waals surface area contributed by atoms with Gasteiger partial charge in [-0.25, -0.2) is 0 Å². The Morgan fingerprint density at radius 2 is 1.33 bits per heavy atom. The van der Waals surface area contributed by atoms with Gasteiger partial charge in [0.15, 0.2) is 0 Å². The van der Waals surface area contributed by atoms with E-state index in [0.717, 1.165) is 5.92 Å². The van der Waals surface area contributed by atoms with Crippen LogP contribution < -0.4 is 0 Å². The van der Waals surface area contributed by atoms with Crippen LogP contribution in [0.5, 0.6) is 0 Å². The van der Waals surface area contributed by atoms with Gasteiger partial charge >= 0.3 is 0 Å². The standard InChI is InChI=1S/C5H8.2C2H6/c1-4-3-5(4)2;2*1-2/h5H,1,3H2,2H3;2*1-2H3/t5-;;/m0../s1. The molecular weight excluding hydrogens is 108 g/mol. The molecule has 1 aliphatic rings. The van der Waals surface area contributed by atoms with Crippen LogP contribution >= 0.6 is 0 Å². The summed E-state index contributed by atoms with van der Waals surface area (Å²) in [5.74, 6) is 0.856. The molecule has 1 atom stereocenters. The summed E-state index contributed by atoms with van der Waals surface area (Å²) >= 11 is 0. The summed E-state index contributed by atoms with van der Waals surface area (Å²) < 4.78 is 0. The van der Waals surface area contributed by atoms with E-state index in [1.54, 1.807) is 0 Å². The first-order valence-corrected chi connectivity index (χ1v) is 3.98. The molecule has 1 fully saturated rings. The Balaban J connectivity index is 0. The van der Waals surface area contributed by atoms with Gasteiger partial charge in [-0.1, -0.05) is 46.8 Å². The van der Waals surface area contributed by atoms with Gasteiger partial charge in [0.25, 0.3) is 0 Å². The molecule has 0 bridgehead atoms. The van der Waals surface area contributed by atoms with Gasteiger partial charge in [-0.15, -0.1) is 0 Å². The summed E-state index contributed by atoms with van der Waals surface area (Å²) in [7, 11) is 0. The van der Waals surface area contributed by atoms with Crippen molar-refractivity contribution in [2.24, 2.45) is 5.92 Å². The van der Waals surface area contributed by atoms with Crippen molar-refractivity contribution < 1.29 is 0 Å². The van der Waals surface area contributed by atoms with E-state index in [4.69, 9.17) is 0 Å². The van der Waals surface area contributed by atoms with Crippen molar-refractivity contribution in [3.05, 3.63) is 12.2 Å². The van der Waals surface area contributed by atoms with E-state index in [2.05, 4.69) is 13.5 Å². The minimum absolute atomic E-state index is 0.856. The predicted molar refractivity (Wildman–Crippen MR) is 45.6 cm³/mol. The van der Waals surface area contributed by atoms with Crippen molar-refractivity contribution in [2.75, 3.05) is 0 Å². The maximum Gasteiger partial charge on any atom is -0.0197 e. The Morgan fingerprint density at radius 3 is 1.33 bits per heavy atom. The lowest BCUT2D eigenvalue weighted by Gasteiger charge is -1.57. The highest BCUT2D eigenvalue weighted by molar-refractivity contribution is 5.16. The lowest BCUT2D eigenvalue weighted by atomic mass is 10.5. The summed E-state index contributed by atoms with van der Waals surface area (Å²) in [6.45, 7) is 13.9. The van der Waals surface area contributed by atoms with Crippen molar-refractivity contribution in [2.45, 2.75) is 41.0 Å². The van der Waals surface area contributed by atoms with Crippen LogP contribution in [-0.2, 0) is 0 Å². The van der Waals surface area contributed by atoms with E-state index < -0.39 is 0 Å². The Bertz CT molecular complexity index is 62.4. The van der Waals surface area contributed by atoms with E-state index in [-0.39, 0.29) is 0 Å². The molecule has 1 rings (SSSR count). The van der Waals surface area contributed by atoms with Crippen molar-refractivity contribution in [3.8, 4) is 0 Å². The minimum Gasteiger partial charge on any atom is -0.0996 e. The summed E-state index contributed by atoms with van der Waals surface area (Å²) in [6.07, 6.45) is 1.28. The third kappa shape index (κ3) is 7.74. The quantitative estimate of drug-likeness (QED) is 0.437. The highest BCUT2D eigenvalue weighted by Crippen LogP contribution is 2.34. The highest BCUT2D eigenvalue weighted by atomic mass is 14.2. The molecule has 0 spiro atoms. The molecule has 0 heteroatoms. The first-order chi connectivity index (χ1) is 4.30. The second-order valence-electron chi connectivity index (χ2n) is 1.76. The van der Waals surface area contributed by atoms with E-state index in [1.807, 2.05) is 27.7 Å². The normalized spacial score (nSPS) is 20.6. The molecule has 1 saturated carbocycles. The van der Waals surface area contributed by atoms with Gasteiger partial charge in [0, 0.05) is 0 Å². The van der Waals surface area contributed by atoms with Gasteiger partial charge in [-0.2, -0.15) is 0 Å². The van der Waals surface area contributed by atoms with Crippen LogP contribution in [0.15, 0.2) is 12.2 Å². The molecule has 0 amide bonds. The molecule has 0 N–H and O–H groups in total. The van der Waals surface area contributed by atoms with Crippen LogP contribution in [0, 0.1) is 5.92 Å². The van der Waals surface area contributed by atoms with Crippen LogP contribution in [0.4, 0.5) is 0 Å². The van der Waals surface area contributed by atoms with Crippen molar-refractivity contribution >= 4 is 0 Å². The number of hydrogen-bond donors (Lipinski definition) is 0. The molecule has 1 aliphatic carbocycles. The molecule has 0 aromatic carbocycles. The SMILES string of the molecule is C=C1C[C@@H]1C.CC.CC. The fourth-order valence-electron chi connectivity index (χ4n) is 0.334. The van der Waals surface area contributed by atoms with E-state index in [1.165, 1.54) is 12.0 Å². The highest BCUT2D eigenvalue weighted by Gasteiger charge is 2.19. The Labute approximate surface area is 60.0 Å². The lowest BCUT2D eigenvalue weighted by Crippen LogP contribution is -1.46. The van der Waals surface area contributed by atoms with Gasteiger partial charge in [0.2, 0.25) is 0 Å². The third-order valence-corrected chi connectivity index (χ3v) is 1.11. The zero-order valence-electron chi connectivity index (χ0n) is 7.49. The summed E-state index contributed by atoms with van der Waals surface area (Å²) in [4.78, 5) is 0. The molecule has 56 valence electrons. The van der Waals surface area contributed by atoms with E-state index in [0.29, 0.717) is 0 Å². The van der Waals surface area contributed by atoms with Crippen molar-refractivity contribution in [1.82, 2.24) is 0 Å². The lowest BCUT2D eigenvalue weighted by molar-refractivity contribution is 1.02. The van der Waals surface area contributed by atoms with Crippen LogP contribution in [-0.4, -0.2) is 0 Å². The zero-order valence-corrected chi connectivity index (χ0v) is 7.49. The zero-order chi connectivity index (χ0) is 7.86. The summed E-state index contributed by atoms with van der Waals surface area (Å²) in [6, 6.07) is 0. The molecule has 0 aromatic heterocycles. The van der Waals surface area contributed by atoms with Gasteiger partial charge in [-0.05, 0) is 12.3 Å². The average Bonchev–Trinajstić information content (AvgIpc) is 2.56. The molecule has 0 heterocycles. The van der Waals surface area contributed by atoms with Crippen molar-refractivity contribution in [3.63, 3.8) is 0 Å². The first-order valence-electron chi connectivity index (χ1n) is 3.98. The first kappa shape index (κ1) is 11.5. The maximum atomic E-state index is 3.75. The van der Waals surface area contributed by atoms with Gasteiger partial charge < -0.3 is 0 Å². The number of hydrogen-bond acceptors (Lipinski definition) is 0. The fraction of sp³-hybridized carbons (Fsp3) is 0.778. The minimum atomic E-state index is 0.856. The van der Waals surface area contributed by atoms with Gasteiger partial charge in [-0.3, -0.25) is 0 Å². The Kier molecular flexibility index (Phi) is 9.91. The molecule has 0 unspecified atom stereocenters. The average molecular weight is 128 g/mol. The topological polar surface area (TPSA) is 0 Å². The molecule has 9 heavy (non-hydrogen) atoms. The summed E-state index contributed by atoms with van der Waals surface area (Å²) in [5.41, 5.74) is 1.42. The van der Waals surface area contributed by atoms with Crippen LogP contribution in [0.25, 0.3) is 0 Å². The third-order valence-electron chi connectivity index (χ3n) is 1.11. The molecular formula is C9H20. The maximum absolute atomic E-state index is 3.75. The molecule has 0 saturated heterocycles. The molecule has 0 aromatic rings. The van der Waals surface area contributed by atoms with Gasteiger partial charge in [0.1, 0.15) is 0 Å². The Hall–Kier alpha value is -0.260. The van der Waals surface area contributed by atoms with E-state index >= 15 is 0 Å². The predicted octanol–water partition coefficient (Wildman–Crippen LogP) is 3.63. The largest absolute Gasteiger partial charge is 0.0996 e. The smallest absolute Gasteiger partial charge is 0.0197 e.